The molecule has 0 unspecified atom stereocenters. The number of anilines is 1. The molecule has 0 bridgehead atoms. The second-order valence-corrected chi connectivity index (χ2v) is 5.01. The van der Waals surface area contributed by atoms with Gasteiger partial charge in [-0.15, -0.1) is 0 Å². The second-order valence-electron chi connectivity index (χ2n) is 4.10. The van der Waals surface area contributed by atoms with E-state index in [1.165, 1.54) is 24.3 Å². The van der Waals surface area contributed by atoms with E-state index in [1.54, 1.807) is 30.5 Å². The van der Waals surface area contributed by atoms with Crippen LogP contribution in [0, 0.1) is 10.1 Å². The summed E-state index contributed by atoms with van der Waals surface area (Å²) >= 11 is 3.28. The number of hydrogen-bond donors (Lipinski definition) is 1. The van der Waals surface area contributed by atoms with Crippen LogP contribution in [0.2, 0.25) is 0 Å². The zero-order valence-corrected chi connectivity index (χ0v) is 12.3. The van der Waals surface area contributed by atoms with Crippen LogP contribution in [0.4, 0.5) is 11.5 Å². The van der Waals surface area contributed by atoms with Gasteiger partial charge in [-0.3, -0.25) is 10.1 Å². The summed E-state index contributed by atoms with van der Waals surface area (Å²) in [5.74, 6) is 0.215. The molecule has 0 fully saturated rings. The number of aromatic nitrogens is 1. The van der Waals surface area contributed by atoms with Crippen molar-refractivity contribution >= 4 is 39.4 Å². The molecule has 0 aliphatic carbocycles. The van der Waals surface area contributed by atoms with Crippen LogP contribution in [0.5, 0.6) is 0 Å². The third-order valence-corrected chi connectivity index (χ3v) is 3.03. The number of aromatic amines is 1. The molecule has 2 aromatic rings. The molecule has 1 amide bonds. The molecule has 0 atom stereocenters. The molecular formula is C14H11BrN3O3+. The number of pyridine rings is 1. The van der Waals surface area contributed by atoms with Gasteiger partial charge in [0.25, 0.3) is 11.5 Å². The van der Waals surface area contributed by atoms with Crippen molar-refractivity contribution in [2.24, 2.45) is 0 Å². The summed E-state index contributed by atoms with van der Waals surface area (Å²) in [5.41, 5.74) is 0.568. The first-order valence-corrected chi connectivity index (χ1v) is 6.74. The zero-order valence-electron chi connectivity index (χ0n) is 10.7. The van der Waals surface area contributed by atoms with Crippen molar-refractivity contribution in [3.63, 3.8) is 0 Å². The Kier molecular flexibility index (Phi) is 4.78. The maximum atomic E-state index is 11.7. The number of benzene rings is 1. The van der Waals surface area contributed by atoms with E-state index in [2.05, 4.69) is 26.2 Å². The predicted molar refractivity (Wildman–Crippen MR) is 81.5 cm³/mol. The molecular weight excluding hydrogens is 338 g/mol. The lowest BCUT2D eigenvalue weighted by molar-refractivity contribution is -0.384. The summed E-state index contributed by atoms with van der Waals surface area (Å²) in [4.78, 5) is 24.8. The molecule has 0 saturated carbocycles. The Hall–Kier alpha value is -2.54. The van der Waals surface area contributed by atoms with E-state index in [4.69, 9.17) is 0 Å². The van der Waals surface area contributed by atoms with Gasteiger partial charge in [0.05, 0.1) is 9.40 Å². The highest BCUT2D eigenvalue weighted by molar-refractivity contribution is 9.10. The molecule has 2 N–H and O–H groups in total. The molecule has 0 radical (unpaired) electrons. The molecule has 1 heterocycles. The molecule has 0 aliphatic heterocycles. The van der Waals surface area contributed by atoms with Crippen LogP contribution in [0.15, 0.2) is 53.1 Å². The van der Waals surface area contributed by atoms with Gasteiger partial charge < -0.3 is 0 Å². The van der Waals surface area contributed by atoms with Crippen LogP contribution in [0.1, 0.15) is 5.56 Å². The van der Waals surface area contributed by atoms with E-state index in [-0.39, 0.29) is 11.6 Å². The predicted octanol–water partition coefficient (Wildman–Crippen LogP) is 2.82. The number of hydrogen-bond acceptors (Lipinski definition) is 3. The summed E-state index contributed by atoms with van der Waals surface area (Å²) in [7, 11) is 0. The number of carbonyl (C=O) groups excluding carboxylic acids is 1. The van der Waals surface area contributed by atoms with Crippen molar-refractivity contribution in [3.05, 3.63) is 68.8 Å². The molecule has 1 aromatic carbocycles. The van der Waals surface area contributed by atoms with Crippen LogP contribution >= 0.6 is 15.9 Å². The number of halogens is 1. The Morgan fingerprint density at radius 3 is 2.81 bits per heavy atom. The van der Waals surface area contributed by atoms with E-state index in [9.17, 15) is 14.9 Å². The fourth-order valence-electron chi connectivity index (χ4n) is 1.57. The van der Waals surface area contributed by atoms with Crippen molar-refractivity contribution < 1.29 is 14.7 Å². The molecule has 6 nitrogen and oxygen atoms in total. The number of nitrogens with one attached hydrogen (secondary N) is 2. The van der Waals surface area contributed by atoms with Crippen LogP contribution in [-0.4, -0.2) is 10.8 Å². The van der Waals surface area contributed by atoms with Gasteiger partial charge in [0.2, 0.25) is 0 Å². The molecule has 0 spiro atoms. The number of H-pyrrole nitrogens is 1. The molecule has 0 saturated heterocycles. The topological polar surface area (TPSA) is 86.4 Å². The number of amides is 1. The quantitative estimate of drug-likeness (QED) is 0.523. The zero-order chi connectivity index (χ0) is 15.2. The van der Waals surface area contributed by atoms with Crippen LogP contribution in [0.3, 0.4) is 0 Å². The van der Waals surface area contributed by atoms with Gasteiger partial charge in [-0.25, -0.2) is 15.1 Å². The van der Waals surface area contributed by atoms with Gasteiger partial charge in [-0.1, -0.05) is 12.1 Å². The number of nitrogens with zero attached hydrogens (tertiary/aromatic N) is 1. The Labute approximate surface area is 128 Å². The fraction of sp³-hybridized carbons (Fsp3) is 0. The molecule has 106 valence electrons. The van der Waals surface area contributed by atoms with Crippen molar-refractivity contribution in [2.75, 3.05) is 5.32 Å². The Balaban J connectivity index is 2.03. The van der Waals surface area contributed by atoms with Crippen LogP contribution < -0.4 is 10.3 Å². The Morgan fingerprint density at radius 1 is 1.33 bits per heavy atom. The fourth-order valence-corrected chi connectivity index (χ4v) is 1.82. The van der Waals surface area contributed by atoms with Gasteiger partial charge in [0.15, 0.2) is 0 Å². The number of rotatable bonds is 4. The summed E-state index contributed by atoms with van der Waals surface area (Å²) < 4.78 is 0.868. The highest BCUT2D eigenvalue weighted by atomic mass is 79.9. The van der Waals surface area contributed by atoms with E-state index in [0.29, 0.717) is 11.4 Å². The maximum absolute atomic E-state index is 11.7. The molecule has 1 aromatic heterocycles. The monoisotopic (exact) mass is 348 g/mol. The number of non-ortho nitro benzene ring substituents is 1. The van der Waals surface area contributed by atoms with Crippen LogP contribution in [-0.2, 0) is 4.79 Å². The molecule has 7 heteroatoms. The van der Waals surface area contributed by atoms with E-state index >= 15 is 0 Å². The average molecular weight is 349 g/mol. The molecule has 2 rings (SSSR count). The first kappa shape index (κ1) is 14.9. The van der Waals surface area contributed by atoms with Gasteiger partial charge in [-0.2, -0.15) is 0 Å². The minimum atomic E-state index is -0.478. The first-order valence-electron chi connectivity index (χ1n) is 5.95. The molecule has 0 aliphatic rings. The van der Waals surface area contributed by atoms with E-state index < -0.39 is 4.92 Å². The number of carbonyl (C=O) groups is 1. The van der Waals surface area contributed by atoms with Crippen molar-refractivity contribution in [1.82, 2.24) is 0 Å². The summed E-state index contributed by atoms with van der Waals surface area (Å²) in [5, 5.41) is 13.3. The van der Waals surface area contributed by atoms with Gasteiger partial charge in [-0.05, 0) is 33.6 Å². The Morgan fingerprint density at radius 2 is 2.14 bits per heavy atom. The largest absolute Gasteiger partial charge is 0.331 e. The van der Waals surface area contributed by atoms with Gasteiger partial charge in [0.1, 0.15) is 6.20 Å². The lowest BCUT2D eigenvalue weighted by Gasteiger charge is -1.95. The van der Waals surface area contributed by atoms with Gasteiger partial charge >= 0.3 is 5.91 Å². The van der Waals surface area contributed by atoms with Crippen molar-refractivity contribution in [1.29, 1.82) is 0 Å². The standard InChI is InChI=1S/C14H10BrN3O3/c15-11-5-6-13(16-9-11)17-14(19)7-4-10-2-1-3-12(8-10)18(20)21/h1-9H,(H,16,17,19)/p+1. The highest BCUT2D eigenvalue weighted by Gasteiger charge is 2.07. The minimum Gasteiger partial charge on any atom is -0.258 e. The SMILES string of the molecule is O=C(C=Cc1cccc([N+](=O)[O-])c1)Nc1ccc(Br)c[nH+]1. The average Bonchev–Trinajstić information content (AvgIpc) is 2.48. The second kappa shape index (κ2) is 6.76. The summed E-state index contributed by atoms with van der Waals surface area (Å²) in [6.45, 7) is 0. The van der Waals surface area contributed by atoms with Crippen molar-refractivity contribution in [3.8, 4) is 0 Å². The summed E-state index contributed by atoms with van der Waals surface area (Å²) in [6.07, 6.45) is 4.52. The highest BCUT2D eigenvalue weighted by Crippen LogP contribution is 2.14. The number of nitro benzene ring substituents is 1. The lowest BCUT2D eigenvalue weighted by Crippen LogP contribution is -2.16. The number of nitro groups is 1. The summed E-state index contributed by atoms with van der Waals surface area (Å²) in [6, 6.07) is 9.55. The maximum Gasteiger partial charge on any atom is 0.331 e. The van der Waals surface area contributed by atoms with Crippen LogP contribution in [0.25, 0.3) is 6.08 Å². The lowest BCUT2D eigenvalue weighted by atomic mass is 10.2. The van der Waals surface area contributed by atoms with Gasteiger partial charge in [0, 0.05) is 24.3 Å². The van der Waals surface area contributed by atoms with E-state index in [1.807, 2.05) is 0 Å². The Bertz CT molecular complexity index is 699. The molecule has 21 heavy (non-hydrogen) atoms. The third-order valence-electron chi connectivity index (χ3n) is 2.54. The van der Waals surface area contributed by atoms with Crippen molar-refractivity contribution in [2.45, 2.75) is 0 Å². The minimum absolute atomic E-state index is 0.0150. The van der Waals surface area contributed by atoms with E-state index in [0.717, 1.165) is 4.47 Å². The normalized spacial score (nSPS) is 10.5. The first-order chi connectivity index (χ1) is 10.0. The third kappa shape index (κ3) is 4.50. The smallest absolute Gasteiger partial charge is 0.258 e.